The fraction of sp³-hybridized carbons (Fsp3) is 0.333. The number of carbonyl (C=O) groups excluding carboxylic acids is 2. The summed E-state index contributed by atoms with van der Waals surface area (Å²) in [7, 11) is 0. The molecule has 0 aliphatic carbocycles. The second kappa shape index (κ2) is 7.80. The molecule has 146 valence electrons. The smallest absolute Gasteiger partial charge is 0.273 e. The van der Waals surface area contributed by atoms with Crippen LogP contribution in [-0.2, 0) is 11.2 Å². The van der Waals surface area contributed by atoms with Crippen molar-refractivity contribution in [1.82, 2.24) is 0 Å². The zero-order chi connectivity index (χ0) is 20.4. The van der Waals surface area contributed by atoms with Crippen LogP contribution in [0.3, 0.4) is 0 Å². The third-order valence-electron chi connectivity index (χ3n) is 4.97. The Morgan fingerprint density at radius 3 is 2.64 bits per heavy atom. The Bertz CT molecular complexity index is 953. The second-order valence-corrected chi connectivity index (χ2v) is 7.25. The van der Waals surface area contributed by atoms with Gasteiger partial charge in [0, 0.05) is 41.0 Å². The first-order valence-electron chi connectivity index (χ1n) is 9.29. The van der Waals surface area contributed by atoms with Crippen molar-refractivity contribution >= 4 is 28.9 Å². The van der Waals surface area contributed by atoms with E-state index in [1.807, 2.05) is 19.9 Å². The van der Waals surface area contributed by atoms with Gasteiger partial charge in [0.15, 0.2) is 0 Å². The minimum atomic E-state index is -0.500. The largest absolute Gasteiger partial charge is 0.322 e. The molecule has 1 aliphatic rings. The van der Waals surface area contributed by atoms with E-state index >= 15 is 0 Å². The van der Waals surface area contributed by atoms with Crippen LogP contribution in [-0.4, -0.2) is 23.3 Å². The van der Waals surface area contributed by atoms with Crippen molar-refractivity contribution < 1.29 is 14.5 Å². The van der Waals surface area contributed by atoms with Gasteiger partial charge in [-0.05, 0) is 43.5 Å². The summed E-state index contributed by atoms with van der Waals surface area (Å²) < 4.78 is 0. The minimum Gasteiger partial charge on any atom is -0.322 e. The molecule has 0 aromatic heterocycles. The second-order valence-electron chi connectivity index (χ2n) is 7.25. The first-order valence-corrected chi connectivity index (χ1v) is 9.29. The summed E-state index contributed by atoms with van der Waals surface area (Å²) in [6.45, 7) is 5.95. The first kappa shape index (κ1) is 19.5. The molecule has 7 nitrogen and oxygen atoms in total. The highest BCUT2D eigenvalue weighted by Gasteiger charge is 2.25. The highest BCUT2D eigenvalue weighted by Crippen LogP contribution is 2.31. The molecule has 3 rings (SSSR count). The number of aryl methyl sites for hydroxylation is 1. The number of nitro groups is 1. The van der Waals surface area contributed by atoms with E-state index in [0.29, 0.717) is 17.8 Å². The molecule has 2 aromatic carbocycles. The number of fused-ring (bicyclic) bond motifs is 1. The highest BCUT2D eigenvalue weighted by atomic mass is 16.6. The molecule has 0 fully saturated rings. The molecule has 0 radical (unpaired) electrons. The van der Waals surface area contributed by atoms with Gasteiger partial charge in [0.1, 0.15) is 0 Å². The minimum absolute atomic E-state index is 0.0546. The number of amides is 2. The molecule has 7 heteroatoms. The standard InChI is InChI=1S/C21H23N3O4/c1-13(2)21(26)23-11-5-6-15-9-10-16(12-19(15)23)22-20(25)17-7-4-8-18(14(17)3)24(27)28/h4,7-10,12-13H,5-6,11H2,1-3H3,(H,22,25). The summed E-state index contributed by atoms with van der Waals surface area (Å²) in [5.41, 5.74) is 2.93. The first-order chi connectivity index (χ1) is 13.3. The van der Waals surface area contributed by atoms with E-state index in [0.717, 1.165) is 24.1 Å². The van der Waals surface area contributed by atoms with Crippen LogP contribution in [0, 0.1) is 23.0 Å². The molecule has 2 amide bonds. The number of anilines is 2. The Balaban J connectivity index is 1.89. The third kappa shape index (κ3) is 3.74. The van der Waals surface area contributed by atoms with Crippen molar-refractivity contribution in [3.8, 4) is 0 Å². The van der Waals surface area contributed by atoms with Crippen LogP contribution in [0.2, 0.25) is 0 Å². The van der Waals surface area contributed by atoms with Gasteiger partial charge in [-0.25, -0.2) is 0 Å². The average molecular weight is 381 g/mol. The van der Waals surface area contributed by atoms with Gasteiger partial charge in [-0.15, -0.1) is 0 Å². The van der Waals surface area contributed by atoms with Crippen molar-refractivity contribution in [3.63, 3.8) is 0 Å². The molecule has 1 aliphatic heterocycles. The van der Waals surface area contributed by atoms with Crippen LogP contribution in [0.25, 0.3) is 0 Å². The number of rotatable bonds is 4. The lowest BCUT2D eigenvalue weighted by Crippen LogP contribution is -2.38. The molecular formula is C21H23N3O4. The van der Waals surface area contributed by atoms with E-state index in [4.69, 9.17) is 0 Å². The number of nitrogens with zero attached hydrogens (tertiary/aromatic N) is 2. The van der Waals surface area contributed by atoms with Crippen LogP contribution in [0.4, 0.5) is 17.1 Å². The number of hydrogen-bond donors (Lipinski definition) is 1. The van der Waals surface area contributed by atoms with Gasteiger partial charge in [0.2, 0.25) is 5.91 Å². The molecule has 0 saturated heterocycles. The Morgan fingerprint density at radius 2 is 1.96 bits per heavy atom. The lowest BCUT2D eigenvalue weighted by atomic mass is 9.99. The van der Waals surface area contributed by atoms with Gasteiger partial charge < -0.3 is 10.2 Å². The van der Waals surface area contributed by atoms with Crippen LogP contribution in [0.5, 0.6) is 0 Å². The van der Waals surface area contributed by atoms with Gasteiger partial charge in [0.05, 0.1) is 4.92 Å². The van der Waals surface area contributed by atoms with Crippen LogP contribution < -0.4 is 10.2 Å². The lowest BCUT2D eigenvalue weighted by Gasteiger charge is -2.31. The van der Waals surface area contributed by atoms with Gasteiger partial charge in [-0.2, -0.15) is 0 Å². The lowest BCUT2D eigenvalue weighted by molar-refractivity contribution is -0.385. The summed E-state index contributed by atoms with van der Waals surface area (Å²) in [5.74, 6) is -0.477. The van der Waals surface area contributed by atoms with Crippen molar-refractivity contribution in [2.45, 2.75) is 33.6 Å². The normalized spacial score (nSPS) is 13.2. The number of carbonyl (C=O) groups is 2. The van der Waals surface area contributed by atoms with E-state index < -0.39 is 10.8 Å². The summed E-state index contributed by atoms with van der Waals surface area (Å²) >= 11 is 0. The van der Waals surface area contributed by atoms with E-state index in [9.17, 15) is 19.7 Å². The number of nitro benzene ring substituents is 1. The van der Waals surface area contributed by atoms with Gasteiger partial charge in [-0.1, -0.05) is 26.0 Å². The molecule has 0 atom stereocenters. The highest BCUT2D eigenvalue weighted by molar-refractivity contribution is 6.06. The fourth-order valence-electron chi connectivity index (χ4n) is 3.46. The maximum Gasteiger partial charge on any atom is 0.273 e. The van der Waals surface area contributed by atoms with Crippen molar-refractivity contribution in [2.75, 3.05) is 16.8 Å². The summed E-state index contributed by atoms with van der Waals surface area (Å²) in [6.07, 6.45) is 1.79. The maximum absolute atomic E-state index is 12.7. The number of benzene rings is 2. The third-order valence-corrected chi connectivity index (χ3v) is 4.97. The number of nitrogens with one attached hydrogen (secondary N) is 1. The molecule has 1 heterocycles. The monoisotopic (exact) mass is 381 g/mol. The Hall–Kier alpha value is -3.22. The molecule has 0 saturated carbocycles. The zero-order valence-electron chi connectivity index (χ0n) is 16.2. The molecule has 0 spiro atoms. The molecule has 0 bridgehead atoms. The quantitative estimate of drug-likeness (QED) is 0.638. The summed E-state index contributed by atoms with van der Waals surface area (Å²) in [4.78, 5) is 37.6. The Kier molecular flexibility index (Phi) is 5.44. The van der Waals surface area contributed by atoms with Gasteiger partial charge >= 0.3 is 0 Å². The molecule has 0 unspecified atom stereocenters. The van der Waals surface area contributed by atoms with E-state index in [2.05, 4.69) is 5.32 Å². The molecule has 2 aromatic rings. The van der Waals surface area contributed by atoms with Gasteiger partial charge in [-0.3, -0.25) is 19.7 Å². The van der Waals surface area contributed by atoms with Crippen LogP contribution in [0.1, 0.15) is 41.8 Å². The fourth-order valence-corrected chi connectivity index (χ4v) is 3.46. The molecular weight excluding hydrogens is 358 g/mol. The van der Waals surface area contributed by atoms with Crippen molar-refractivity contribution in [3.05, 3.63) is 63.2 Å². The number of hydrogen-bond acceptors (Lipinski definition) is 4. The Labute approximate surface area is 163 Å². The van der Waals surface area contributed by atoms with Crippen LogP contribution in [0.15, 0.2) is 36.4 Å². The Morgan fingerprint density at radius 1 is 1.21 bits per heavy atom. The van der Waals surface area contributed by atoms with Crippen LogP contribution >= 0.6 is 0 Å². The average Bonchev–Trinajstić information content (AvgIpc) is 2.66. The topological polar surface area (TPSA) is 92.6 Å². The van der Waals surface area contributed by atoms with Crippen molar-refractivity contribution in [1.29, 1.82) is 0 Å². The van der Waals surface area contributed by atoms with Crippen molar-refractivity contribution in [2.24, 2.45) is 5.92 Å². The molecule has 28 heavy (non-hydrogen) atoms. The van der Waals surface area contributed by atoms with E-state index in [1.54, 1.807) is 30.0 Å². The predicted molar refractivity (Wildman–Crippen MR) is 108 cm³/mol. The van der Waals surface area contributed by atoms with E-state index in [-0.39, 0.29) is 23.1 Å². The van der Waals surface area contributed by atoms with Gasteiger partial charge in [0.25, 0.3) is 11.6 Å². The predicted octanol–water partition coefficient (Wildman–Crippen LogP) is 4.09. The van der Waals surface area contributed by atoms with E-state index in [1.165, 1.54) is 12.1 Å². The summed E-state index contributed by atoms with van der Waals surface area (Å²) in [6, 6.07) is 9.96. The maximum atomic E-state index is 12.7. The zero-order valence-corrected chi connectivity index (χ0v) is 16.2. The SMILES string of the molecule is Cc1c(C(=O)Nc2ccc3c(c2)N(C(=O)C(C)C)CCC3)cccc1[N+](=O)[O-]. The molecule has 1 N–H and O–H groups in total. The summed E-state index contributed by atoms with van der Waals surface area (Å²) in [5, 5.41) is 13.9.